The first-order chi connectivity index (χ1) is 34.1. The lowest BCUT2D eigenvalue weighted by Gasteiger charge is -2.24. The molecule has 0 saturated carbocycles. The Balaban J connectivity index is 4.00. The number of quaternary nitrogens is 1. The summed E-state index contributed by atoms with van der Waals surface area (Å²) in [5.74, 6) is -0.305. The number of phosphoric acid groups is 1. The van der Waals surface area contributed by atoms with Gasteiger partial charge in [-0.3, -0.25) is 13.8 Å². The van der Waals surface area contributed by atoms with Gasteiger partial charge < -0.3 is 18.9 Å². The molecule has 0 rings (SSSR count). The van der Waals surface area contributed by atoms with Gasteiger partial charge in [0.1, 0.15) is 19.3 Å². The summed E-state index contributed by atoms with van der Waals surface area (Å²) in [5.41, 5.74) is 0. The van der Waals surface area contributed by atoms with E-state index in [9.17, 15) is 14.3 Å². The maximum atomic E-state index is 12.8. The molecule has 0 spiro atoms. The monoisotopic (exact) mass is 1010 g/mol. The lowest BCUT2D eigenvalue weighted by molar-refractivity contribution is -0.870. The van der Waals surface area contributed by atoms with E-state index in [4.69, 9.17) is 18.5 Å². The van der Waals surface area contributed by atoms with Gasteiger partial charge in [0, 0.05) is 13.0 Å². The molecule has 0 aromatic heterocycles. The third-order valence-electron chi connectivity index (χ3n) is 13.8. The normalized spacial score (nSPS) is 13.5. The van der Waals surface area contributed by atoms with Crippen molar-refractivity contribution >= 4 is 13.8 Å². The third kappa shape index (κ3) is 57.9. The van der Waals surface area contributed by atoms with Gasteiger partial charge in [0.2, 0.25) is 0 Å². The van der Waals surface area contributed by atoms with Gasteiger partial charge in [-0.25, -0.2) is 4.57 Å². The van der Waals surface area contributed by atoms with E-state index in [1.165, 1.54) is 244 Å². The van der Waals surface area contributed by atoms with Gasteiger partial charge in [0.05, 0.1) is 34.4 Å². The fraction of sp³-hybridized carbons (Fsp3) is 0.918. The van der Waals surface area contributed by atoms with E-state index in [2.05, 4.69) is 38.2 Å². The van der Waals surface area contributed by atoms with Gasteiger partial charge in [-0.1, -0.05) is 276 Å². The number of unbranched alkanes of at least 4 members (excludes halogenated alkanes) is 40. The van der Waals surface area contributed by atoms with Crippen LogP contribution in [0.4, 0.5) is 0 Å². The second-order valence-corrected chi connectivity index (χ2v) is 23.5. The summed E-state index contributed by atoms with van der Waals surface area (Å²) in [7, 11) is 1.69. The number of likely N-dealkylation sites (N-methyl/N-ethyl adjacent to an activating group) is 1. The number of nitrogens with zero attached hydrogens (tertiary/aromatic N) is 1. The van der Waals surface area contributed by atoms with E-state index in [1.807, 2.05) is 21.1 Å². The fourth-order valence-corrected chi connectivity index (χ4v) is 9.80. The molecule has 0 aromatic rings. The Hall–Kier alpha value is -1.02. The molecule has 2 atom stereocenters. The molecule has 9 heteroatoms. The fourth-order valence-electron chi connectivity index (χ4n) is 9.06. The number of hydrogen-bond donors (Lipinski definition) is 1. The smallest absolute Gasteiger partial charge is 0.457 e. The first-order valence-corrected chi connectivity index (χ1v) is 32.1. The van der Waals surface area contributed by atoms with Crippen LogP contribution in [-0.4, -0.2) is 75.6 Å². The number of allylic oxidation sites excluding steroid dienone is 4. The van der Waals surface area contributed by atoms with Gasteiger partial charge in [0.25, 0.3) is 0 Å². The molecule has 0 amide bonds. The van der Waals surface area contributed by atoms with Crippen LogP contribution < -0.4 is 0 Å². The minimum Gasteiger partial charge on any atom is -0.457 e. The summed E-state index contributed by atoms with van der Waals surface area (Å²) in [5, 5.41) is 0. The van der Waals surface area contributed by atoms with E-state index >= 15 is 0 Å². The highest BCUT2D eigenvalue weighted by molar-refractivity contribution is 7.47. The summed E-state index contributed by atoms with van der Waals surface area (Å²) < 4.78 is 35.3. The number of rotatable bonds is 58. The molecule has 0 heterocycles. The molecule has 0 aliphatic heterocycles. The summed E-state index contributed by atoms with van der Waals surface area (Å²) in [6.07, 6.45) is 66.8. The molecule has 0 saturated heterocycles. The maximum Gasteiger partial charge on any atom is 0.472 e. The van der Waals surface area contributed by atoms with Crippen molar-refractivity contribution in [3.05, 3.63) is 24.3 Å². The maximum absolute atomic E-state index is 12.8. The van der Waals surface area contributed by atoms with Crippen molar-refractivity contribution in [1.82, 2.24) is 0 Å². The summed E-state index contributed by atoms with van der Waals surface area (Å²) in [6.45, 7) is 5.69. The molecular formula is C61H121NO7P+. The summed E-state index contributed by atoms with van der Waals surface area (Å²) in [4.78, 5) is 23.1. The summed E-state index contributed by atoms with van der Waals surface area (Å²) in [6, 6.07) is 0. The van der Waals surface area contributed by atoms with Gasteiger partial charge in [-0.2, -0.15) is 0 Å². The average molecular weight is 1010 g/mol. The predicted molar refractivity (Wildman–Crippen MR) is 303 cm³/mol. The second kappa shape index (κ2) is 54.2. The van der Waals surface area contributed by atoms with Crippen molar-refractivity contribution in [3.63, 3.8) is 0 Å². The number of carbonyl (C=O) groups excluding carboxylic acids is 1. The molecule has 0 aromatic carbocycles. The zero-order chi connectivity index (χ0) is 51.2. The lowest BCUT2D eigenvalue weighted by atomic mass is 10.0. The number of esters is 1. The number of ether oxygens (including phenoxy) is 2. The largest absolute Gasteiger partial charge is 0.472 e. The molecule has 0 aliphatic rings. The predicted octanol–water partition coefficient (Wildman–Crippen LogP) is 19.5. The van der Waals surface area contributed by atoms with Crippen molar-refractivity contribution < 1.29 is 37.3 Å². The van der Waals surface area contributed by atoms with Crippen LogP contribution in [0.15, 0.2) is 24.3 Å². The van der Waals surface area contributed by atoms with Crippen LogP contribution in [0, 0.1) is 0 Å². The lowest BCUT2D eigenvalue weighted by Crippen LogP contribution is -2.37. The van der Waals surface area contributed by atoms with Crippen LogP contribution in [0.3, 0.4) is 0 Å². The van der Waals surface area contributed by atoms with Crippen LogP contribution in [0.5, 0.6) is 0 Å². The van der Waals surface area contributed by atoms with Gasteiger partial charge in [-0.15, -0.1) is 0 Å². The average Bonchev–Trinajstić information content (AvgIpc) is 3.32. The van der Waals surface area contributed by atoms with Crippen LogP contribution in [0.1, 0.15) is 303 Å². The number of carbonyl (C=O) groups is 1. The standard InChI is InChI=1S/C61H120NO7P/c1-6-8-10-12-14-16-18-20-22-24-26-28-30-31-32-33-35-37-39-41-43-45-47-49-51-53-56-66-58-60(59-68-70(64,65)67-57-55-62(3,4)5)69-61(63)54-52-50-48-46-44-42-40-38-36-34-29-27-25-23-21-19-17-15-13-11-9-7-2/h18,20,24,26,60H,6-17,19,21-23,25,27-59H2,1-5H3/p+1/b20-18-,26-24-. The van der Waals surface area contributed by atoms with Crippen LogP contribution in [0.25, 0.3) is 0 Å². The molecule has 0 bridgehead atoms. The molecular weight excluding hydrogens is 890 g/mol. The van der Waals surface area contributed by atoms with Crippen LogP contribution in [0.2, 0.25) is 0 Å². The van der Waals surface area contributed by atoms with Crippen LogP contribution in [-0.2, 0) is 27.9 Å². The van der Waals surface area contributed by atoms with E-state index in [0.717, 1.165) is 38.5 Å². The first-order valence-electron chi connectivity index (χ1n) is 30.6. The van der Waals surface area contributed by atoms with E-state index in [1.54, 1.807) is 0 Å². The minimum absolute atomic E-state index is 0.0918. The highest BCUT2D eigenvalue weighted by Gasteiger charge is 2.26. The molecule has 1 N–H and O–H groups in total. The Morgan fingerprint density at radius 1 is 0.443 bits per heavy atom. The molecule has 8 nitrogen and oxygen atoms in total. The zero-order valence-electron chi connectivity index (χ0n) is 47.5. The number of phosphoric ester groups is 1. The second-order valence-electron chi connectivity index (χ2n) is 22.1. The van der Waals surface area contributed by atoms with Crippen molar-refractivity contribution in [2.75, 3.05) is 54.1 Å². The molecule has 70 heavy (non-hydrogen) atoms. The van der Waals surface area contributed by atoms with Crippen molar-refractivity contribution in [2.24, 2.45) is 0 Å². The van der Waals surface area contributed by atoms with Crippen molar-refractivity contribution in [1.29, 1.82) is 0 Å². The van der Waals surface area contributed by atoms with Gasteiger partial charge in [-0.05, 0) is 44.9 Å². The van der Waals surface area contributed by atoms with E-state index in [0.29, 0.717) is 24.1 Å². The van der Waals surface area contributed by atoms with Gasteiger partial charge >= 0.3 is 13.8 Å². The Bertz CT molecular complexity index is 1170. The Labute approximate surface area is 436 Å². The van der Waals surface area contributed by atoms with Crippen molar-refractivity contribution in [3.8, 4) is 0 Å². The molecule has 0 fully saturated rings. The Kier molecular flexibility index (Phi) is 53.5. The highest BCUT2D eigenvalue weighted by atomic mass is 31.2. The molecule has 0 radical (unpaired) electrons. The number of hydrogen-bond acceptors (Lipinski definition) is 6. The Morgan fingerprint density at radius 3 is 1.16 bits per heavy atom. The minimum atomic E-state index is -4.28. The molecule has 416 valence electrons. The zero-order valence-corrected chi connectivity index (χ0v) is 48.4. The SMILES string of the molecule is CCCCCCC/C=C\C/C=C\CCCCCCCCCCCCCCCCOCC(COP(=O)(O)OCC[N+](C)(C)C)OC(=O)CCCCCCCCCCCCCCCCCCCCCCCC. The summed E-state index contributed by atoms with van der Waals surface area (Å²) >= 11 is 0. The molecule has 0 aliphatic carbocycles. The third-order valence-corrected chi connectivity index (χ3v) is 14.7. The van der Waals surface area contributed by atoms with Crippen LogP contribution >= 0.6 is 7.82 Å². The highest BCUT2D eigenvalue weighted by Crippen LogP contribution is 2.43. The van der Waals surface area contributed by atoms with Gasteiger partial charge in [0.15, 0.2) is 0 Å². The Morgan fingerprint density at radius 2 is 0.786 bits per heavy atom. The van der Waals surface area contributed by atoms with E-state index < -0.39 is 13.9 Å². The quantitative estimate of drug-likeness (QED) is 0.0213. The topological polar surface area (TPSA) is 91.3 Å². The van der Waals surface area contributed by atoms with E-state index in [-0.39, 0.29) is 25.8 Å². The van der Waals surface area contributed by atoms with Crippen molar-refractivity contribution in [2.45, 2.75) is 309 Å². The molecule has 2 unspecified atom stereocenters. The first kappa shape index (κ1) is 69.0.